The minimum absolute atomic E-state index is 0.115. The molecule has 7 nitrogen and oxygen atoms in total. The van der Waals surface area contributed by atoms with Gasteiger partial charge in [-0.25, -0.2) is 4.79 Å². The van der Waals surface area contributed by atoms with Crippen LogP contribution in [0.25, 0.3) is 0 Å². The number of carbonyl (C=O) groups excluding carboxylic acids is 3. The molecule has 32 heavy (non-hydrogen) atoms. The summed E-state index contributed by atoms with van der Waals surface area (Å²) >= 11 is 0. The van der Waals surface area contributed by atoms with Crippen molar-refractivity contribution in [3.63, 3.8) is 0 Å². The van der Waals surface area contributed by atoms with Crippen LogP contribution in [0.4, 0.5) is 0 Å². The van der Waals surface area contributed by atoms with Gasteiger partial charge in [0.1, 0.15) is 23.5 Å². The number of rotatable bonds is 4. The van der Waals surface area contributed by atoms with E-state index in [0.29, 0.717) is 34.8 Å². The van der Waals surface area contributed by atoms with Crippen molar-refractivity contribution in [2.75, 3.05) is 7.11 Å². The number of dihydropyridines is 1. The first-order valence-corrected chi connectivity index (χ1v) is 11.4. The van der Waals surface area contributed by atoms with E-state index >= 15 is 0 Å². The van der Waals surface area contributed by atoms with Crippen molar-refractivity contribution in [1.29, 1.82) is 0 Å². The third kappa shape index (κ3) is 4.00. The smallest absolute Gasteiger partial charge is 0.337 e. The molecule has 172 valence electrons. The second-order valence-electron chi connectivity index (χ2n) is 9.15. The van der Waals surface area contributed by atoms with Crippen LogP contribution in [-0.2, 0) is 23.9 Å². The summed E-state index contributed by atoms with van der Waals surface area (Å²) in [5.74, 6) is -1.99. The van der Waals surface area contributed by atoms with Crippen molar-refractivity contribution in [3.05, 3.63) is 46.2 Å². The maximum absolute atomic E-state index is 13.6. The van der Waals surface area contributed by atoms with Crippen molar-refractivity contribution >= 4 is 17.7 Å². The molecule has 7 heteroatoms. The van der Waals surface area contributed by atoms with Gasteiger partial charge in [0.05, 0.1) is 18.6 Å². The van der Waals surface area contributed by atoms with Crippen LogP contribution in [0.3, 0.4) is 0 Å². The number of ether oxygens (including phenoxy) is 2. The summed E-state index contributed by atoms with van der Waals surface area (Å²) in [6.07, 6.45) is 5.33. The number of hydrogen-bond donors (Lipinski definition) is 1. The largest absolute Gasteiger partial charge is 0.468 e. The molecule has 0 saturated heterocycles. The summed E-state index contributed by atoms with van der Waals surface area (Å²) in [6.45, 7) is 5.51. The molecule has 1 fully saturated rings. The molecule has 3 atom stereocenters. The van der Waals surface area contributed by atoms with E-state index in [-0.39, 0.29) is 17.8 Å². The Hall–Kier alpha value is -2.83. The van der Waals surface area contributed by atoms with Gasteiger partial charge < -0.3 is 19.2 Å². The minimum Gasteiger partial charge on any atom is -0.468 e. The zero-order valence-electron chi connectivity index (χ0n) is 19.2. The standard InChI is InChI=1S/C25H31NO6/c1-13-12-17-21(23(27)19(13)24(28)30-4)22(18-11-10-14(2)31-18)20(15(3)26-17)25(29)32-16-8-6-5-7-9-16/h10-11,13,16,19,22,26H,5-9,12H2,1-4H3/t13-,19+,22-/m1/s1. The molecule has 1 N–H and O–H groups in total. The number of nitrogens with one attached hydrogen (secondary N) is 1. The van der Waals surface area contributed by atoms with Crippen LogP contribution >= 0.6 is 0 Å². The minimum atomic E-state index is -0.909. The molecule has 1 aromatic heterocycles. The van der Waals surface area contributed by atoms with E-state index in [9.17, 15) is 14.4 Å². The van der Waals surface area contributed by atoms with E-state index in [0.717, 1.165) is 37.8 Å². The number of furan rings is 1. The van der Waals surface area contributed by atoms with Crippen LogP contribution in [0.2, 0.25) is 0 Å². The molecule has 1 saturated carbocycles. The predicted octanol–water partition coefficient (Wildman–Crippen LogP) is 4.08. The maximum Gasteiger partial charge on any atom is 0.337 e. The summed E-state index contributed by atoms with van der Waals surface area (Å²) in [6, 6.07) is 3.60. The molecule has 0 aromatic carbocycles. The van der Waals surface area contributed by atoms with Gasteiger partial charge >= 0.3 is 11.9 Å². The van der Waals surface area contributed by atoms with Crippen molar-refractivity contribution in [2.45, 2.75) is 71.3 Å². The highest BCUT2D eigenvalue weighted by Crippen LogP contribution is 2.46. The molecule has 1 aromatic rings. The molecule has 2 heterocycles. The lowest BCUT2D eigenvalue weighted by Crippen LogP contribution is -2.43. The average Bonchev–Trinajstić information content (AvgIpc) is 3.19. The first-order chi connectivity index (χ1) is 15.3. The normalized spacial score (nSPS) is 26.5. The molecular weight excluding hydrogens is 410 g/mol. The van der Waals surface area contributed by atoms with Gasteiger partial charge in [-0.05, 0) is 64.0 Å². The highest BCUT2D eigenvalue weighted by atomic mass is 16.5. The Morgan fingerprint density at radius 1 is 1.12 bits per heavy atom. The maximum atomic E-state index is 13.6. The summed E-state index contributed by atoms with van der Waals surface area (Å²) in [4.78, 5) is 39.4. The Kier molecular flexibility index (Phi) is 6.26. The Morgan fingerprint density at radius 3 is 2.47 bits per heavy atom. The topological polar surface area (TPSA) is 94.8 Å². The molecule has 3 aliphatic rings. The van der Waals surface area contributed by atoms with Gasteiger partial charge in [-0.1, -0.05) is 13.3 Å². The summed E-state index contributed by atoms with van der Waals surface area (Å²) in [5, 5.41) is 3.28. The molecule has 4 rings (SSSR count). The van der Waals surface area contributed by atoms with Crippen LogP contribution in [0, 0.1) is 18.8 Å². The van der Waals surface area contributed by atoms with Crippen molar-refractivity contribution < 1.29 is 28.3 Å². The van der Waals surface area contributed by atoms with Crippen molar-refractivity contribution in [2.24, 2.45) is 11.8 Å². The monoisotopic (exact) mass is 441 g/mol. The van der Waals surface area contributed by atoms with E-state index in [4.69, 9.17) is 13.9 Å². The summed E-state index contributed by atoms with van der Waals surface area (Å²) < 4.78 is 16.7. The van der Waals surface area contributed by atoms with Gasteiger partial charge in [-0.15, -0.1) is 0 Å². The Morgan fingerprint density at radius 2 is 1.84 bits per heavy atom. The second-order valence-corrected chi connectivity index (χ2v) is 9.15. The third-order valence-corrected chi connectivity index (χ3v) is 6.83. The molecule has 0 bridgehead atoms. The molecule has 0 unspecified atom stereocenters. The average molecular weight is 442 g/mol. The lowest BCUT2D eigenvalue weighted by Gasteiger charge is -2.37. The number of esters is 2. The van der Waals surface area contributed by atoms with Crippen LogP contribution in [-0.4, -0.2) is 30.9 Å². The second kappa shape index (κ2) is 8.96. The molecule has 0 amide bonds. The van der Waals surface area contributed by atoms with Gasteiger partial charge in [0.15, 0.2) is 5.78 Å². The number of aryl methyl sites for hydroxylation is 1. The molecular formula is C25H31NO6. The van der Waals surface area contributed by atoms with E-state index in [2.05, 4.69) is 5.32 Å². The van der Waals surface area contributed by atoms with Crippen LogP contribution in [0.1, 0.15) is 69.8 Å². The third-order valence-electron chi connectivity index (χ3n) is 6.83. The molecule has 0 radical (unpaired) electrons. The summed E-state index contributed by atoms with van der Waals surface area (Å²) in [7, 11) is 1.29. The van der Waals surface area contributed by atoms with Crippen molar-refractivity contribution in [1.82, 2.24) is 5.32 Å². The molecule has 2 aliphatic carbocycles. The van der Waals surface area contributed by atoms with Crippen LogP contribution < -0.4 is 5.32 Å². The highest BCUT2D eigenvalue weighted by molar-refractivity contribution is 6.12. The Bertz CT molecular complexity index is 994. The van der Waals surface area contributed by atoms with E-state index in [1.165, 1.54) is 7.11 Å². The van der Waals surface area contributed by atoms with Crippen molar-refractivity contribution in [3.8, 4) is 0 Å². The fourth-order valence-electron chi connectivity index (χ4n) is 5.24. The number of ketones is 1. The SMILES string of the molecule is COC(=O)[C@@H]1C(=O)C2=C(C[C@H]1C)NC(C)=C(C(=O)OC1CCCCC1)[C@H]2c1ccc(C)o1. The number of allylic oxidation sites excluding steroid dienone is 3. The zero-order chi connectivity index (χ0) is 23.0. The zero-order valence-corrected chi connectivity index (χ0v) is 19.2. The van der Waals surface area contributed by atoms with Gasteiger partial charge in [-0.2, -0.15) is 0 Å². The van der Waals surface area contributed by atoms with Gasteiger partial charge in [0.25, 0.3) is 0 Å². The first-order valence-electron chi connectivity index (χ1n) is 11.4. The van der Waals surface area contributed by atoms with E-state index in [1.807, 2.05) is 26.8 Å². The van der Waals surface area contributed by atoms with Gasteiger partial charge in [0.2, 0.25) is 0 Å². The predicted molar refractivity (Wildman–Crippen MR) is 116 cm³/mol. The van der Waals surface area contributed by atoms with Gasteiger partial charge in [0, 0.05) is 17.0 Å². The van der Waals surface area contributed by atoms with Gasteiger partial charge in [-0.3, -0.25) is 9.59 Å². The Labute approximate surface area is 188 Å². The molecule has 1 aliphatic heterocycles. The fourth-order valence-corrected chi connectivity index (χ4v) is 5.24. The molecule has 0 spiro atoms. The van der Waals surface area contributed by atoms with E-state index < -0.39 is 23.8 Å². The lowest BCUT2D eigenvalue weighted by molar-refractivity contribution is -0.151. The number of hydrogen-bond acceptors (Lipinski definition) is 7. The van der Waals surface area contributed by atoms with Crippen LogP contribution in [0.15, 0.2) is 39.1 Å². The Balaban J connectivity index is 1.75. The fraction of sp³-hybridized carbons (Fsp3) is 0.560. The first kappa shape index (κ1) is 22.4. The quantitative estimate of drug-likeness (QED) is 0.556. The van der Waals surface area contributed by atoms with Crippen LogP contribution in [0.5, 0.6) is 0 Å². The number of carbonyl (C=O) groups is 3. The highest BCUT2D eigenvalue weighted by Gasteiger charge is 2.48. The van der Waals surface area contributed by atoms with E-state index in [1.54, 1.807) is 6.07 Å². The number of Topliss-reactive ketones (excluding diaryl/α,β-unsaturated/α-hetero) is 1. The summed E-state index contributed by atoms with van der Waals surface area (Å²) in [5.41, 5.74) is 2.15. The lowest BCUT2D eigenvalue weighted by atomic mass is 9.70. The number of methoxy groups -OCH3 is 1.